The van der Waals surface area contributed by atoms with E-state index in [0.717, 1.165) is 17.7 Å². The lowest BCUT2D eigenvalue weighted by atomic mass is 10.0. The van der Waals surface area contributed by atoms with Gasteiger partial charge in [0.15, 0.2) is 11.4 Å². The van der Waals surface area contributed by atoms with Crippen molar-refractivity contribution in [3.8, 4) is 17.3 Å². The van der Waals surface area contributed by atoms with E-state index in [1.807, 2.05) is 6.07 Å². The van der Waals surface area contributed by atoms with Crippen molar-refractivity contribution in [3.63, 3.8) is 0 Å². The Morgan fingerprint density at radius 1 is 1.00 bits per heavy atom. The van der Waals surface area contributed by atoms with Gasteiger partial charge in [0.05, 0.1) is 35.3 Å². The number of alkyl halides is 3. The Morgan fingerprint density at radius 3 is 2.35 bits per heavy atom. The Hall–Kier alpha value is -3.99. The van der Waals surface area contributed by atoms with Crippen LogP contribution < -0.4 is 0 Å². The molecule has 0 bridgehead atoms. The Labute approximate surface area is 175 Å². The molecule has 8 heteroatoms. The molecular weight excluding hydrogens is 405 g/mol. The maximum atomic E-state index is 12.8. The molecule has 0 aliphatic rings. The number of nitriles is 1. The third-order valence-electron chi connectivity index (χ3n) is 4.91. The number of aromatic nitrogens is 3. The number of halogens is 3. The molecule has 4 aromatic rings. The van der Waals surface area contributed by atoms with Crippen LogP contribution in [0, 0.1) is 11.3 Å². The molecule has 0 unspecified atom stereocenters. The summed E-state index contributed by atoms with van der Waals surface area (Å²) in [5.74, 6) is -0.168. The van der Waals surface area contributed by atoms with Crippen molar-refractivity contribution in [1.29, 1.82) is 5.26 Å². The number of rotatable bonds is 5. The summed E-state index contributed by atoms with van der Waals surface area (Å²) in [6, 6.07) is 13.8. The van der Waals surface area contributed by atoms with Crippen LogP contribution in [0.5, 0.6) is 0 Å². The van der Waals surface area contributed by atoms with Crippen molar-refractivity contribution < 1.29 is 18.0 Å². The fourth-order valence-electron chi connectivity index (χ4n) is 3.21. The standard InChI is InChI=1S/C23H15F3N4O/c24-23(25,26)18-8-6-17(7-9-18)20-12-29-22-13-28-19(14-30(20)22)21(31)10-5-15-1-3-16(11-27)4-2-15/h1-4,6-9,12-14H,5,10H2. The number of carbonyl (C=O) groups excluding carboxylic acids is 1. The van der Waals surface area contributed by atoms with E-state index in [4.69, 9.17) is 5.26 Å². The summed E-state index contributed by atoms with van der Waals surface area (Å²) in [6.07, 6.45) is 0.870. The summed E-state index contributed by atoms with van der Waals surface area (Å²) >= 11 is 0. The summed E-state index contributed by atoms with van der Waals surface area (Å²) < 4.78 is 40.1. The van der Waals surface area contributed by atoms with E-state index in [2.05, 4.69) is 9.97 Å². The van der Waals surface area contributed by atoms with Gasteiger partial charge in [0.2, 0.25) is 0 Å². The zero-order valence-corrected chi connectivity index (χ0v) is 16.1. The van der Waals surface area contributed by atoms with Gasteiger partial charge in [-0.05, 0) is 36.2 Å². The van der Waals surface area contributed by atoms with Gasteiger partial charge in [-0.15, -0.1) is 0 Å². The molecule has 0 N–H and O–H groups in total. The predicted octanol–water partition coefficient (Wildman–Crippen LogP) is 5.10. The van der Waals surface area contributed by atoms with Gasteiger partial charge in [0.25, 0.3) is 0 Å². The highest BCUT2D eigenvalue weighted by atomic mass is 19.4. The summed E-state index contributed by atoms with van der Waals surface area (Å²) in [7, 11) is 0. The quantitative estimate of drug-likeness (QED) is 0.421. The SMILES string of the molecule is N#Cc1ccc(CCC(=O)c2cn3c(-c4ccc(C(F)(F)F)cc4)cnc3cn2)cc1. The molecule has 154 valence electrons. The molecule has 4 rings (SSSR count). The molecule has 0 spiro atoms. The van der Waals surface area contributed by atoms with E-state index in [9.17, 15) is 18.0 Å². The average molecular weight is 420 g/mol. The number of hydrogen-bond acceptors (Lipinski definition) is 4. The van der Waals surface area contributed by atoms with Gasteiger partial charge in [-0.1, -0.05) is 24.3 Å². The lowest BCUT2D eigenvalue weighted by molar-refractivity contribution is -0.137. The first-order valence-electron chi connectivity index (χ1n) is 9.38. The van der Waals surface area contributed by atoms with E-state index < -0.39 is 11.7 Å². The van der Waals surface area contributed by atoms with Gasteiger partial charge in [-0.25, -0.2) is 9.97 Å². The first-order chi connectivity index (χ1) is 14.8. The maximum Gasteiger partial charge on any atom is 0.416 e. The van der Waals surface area contributed by atoms with Crippen molar-refractivity contribution in [2.24, 2.45) is 0 Å². The van der Waals surface area contributed by atoms with Crippen LogP contribution in [0.3, 0.4) is 0 Å². The van der Waals surface area contributed by atoms with Crippen LogP contribution >= 0.6 is 0 Å². The van der Waals surface area contributed by atoms with Crippen LogP contribution in [0.15, 0.2) is 67.1 Å². The topological polar surface area (TPSA) is 71.0 Å². The monoisotopic (exact) mass is 420 g/mol. The van der Waals surface area contributed by atoms with Gasteiger partial charge in [0.1, 0.15) is 5.69 Å². The highest BCUT2D eigenvalue weighted by molar-refractivity contribution is 5.94. The summed E-state index contributed by atoms with van der Waals surface area (Å²) in [5.41, 5.74) is 2.59. The van der Waals surface area contributed by atoms with Crippen LogP contribution in [0.25, 0.3) is 16.9 Å². The van der Waals surface area contributed by atoms with E-state index in [0.29, 0.717) is 28.9 Å². The Kier molecular flexibility index (Phi) is 5.26. The first kappa shape index (κ1) is 20.3. The highest BCUT2D eigenvalue weighted by Crippen LogP contribution is 2.31. The number of aryl methyl sites for hydroxylation is 1. The zero-order valence-electron chi connectivity index (χ0n) is 16.1. The molecule has 0 radical (unpaired) electrons. The second kappa shape index (κ2) is 8.03. The van der Waals surface area contributed by atoms with E-state index in [-0.39, 0.29) is 17.9 Å². The molecule has 0 fully saturated rings. The third-order valence-corrected chi connectivity index (χ3v) is 4.91. The fourth-order valence-corrected chi connectivity index (χ4v) is 3.21. The minimum Gasteiger partial charge on any atom is -0.296 e. The molecule has 31 heavy (non-hydrogen) atoms. The highest BCUT2D eigenvalue weighted by Gasteiger charge is 2.30. The fraction of sp³-hybridized carbons (Fsp3) is 0.130. The van der Waals surface area contributed by atoms with E-state index in [1.165, 1.54) is 24.5 Å². The molecule has 5 nitrogen and oxygen atoms in total. The second-order valence-electron chi connectivity index (χ2n) is 6.95. The van der Waals surface area contributed by atoms with Crippen molar-refractivity contribution in [1.82, 2.24) is 14.4 Å². The lowest BCUT2D eigenvalue weighted by Crippen LogP contribution is -2.06. The van der Waals surface area contributed by atoms with Gasteiger partial charge >= 0.3 is 6.18 Å². The molecule has 0 aliphatic heterocycles. The first-order valence-corrected chi connectivity index (χ1v) is 9.38. The van der Waals surface area contributed by atoms with Gasteiger partial charge in [-0.3, -0.25) is 9.20 Å². The molecule has 0 atom stereocenters. The molecule has 0 saturated heterocycles. The summed E-state index contributed by atoms with van der Waals surface area (Å²) in [4.78, 5) is 21.0. The van der Waals surface area contributed by atoms with E-state index >= 15 is 0 Å². The van der Waals surface area contributed by atoms with Gasteiger partial charge in [0, 0.05) is 18.2 Å². The number of benzene rings is 2. The molecule has 2 heterocycles. The van der Waals surface area contributed by atoms with Crippen LogP contribution in [0.2, 0.25) is 0 Å². The molecule has 2 aromatic heterocycles. The molecule has 0 amide bonds. The summed E-state index contributed by atoms with van der Waals surface area (Å²) in [5, 5.41) is 8.85. The van der Waals surface area contributed by atoms with Crippen LogP contribution in [-0.2, 0) is 12.6 Å². The minimum absolute atomic E-state index is 0.168. The van der Waals surface area contributed by atoms with Gasteiger partial charge < -0.3 is 0 Å². The minimum atomic E-state index is -4.41. The Bertz CT molecular complexity index is 1280. The van der Waals surface area contributed by atoms with Gasteiger partial charge in [-0.2, -0.15) is 18.4 Å². The number of carbonyl (C=O) groups is 1. The predicted molar refractivity (Wildman–Crippen MR) is 107 cm³/mol. The number of Topliss-reactive ketones (excluding diaryl/α,β-unsaturated/α-hetero) is 1. The van der Waals surface area contributed by atoms with Crippen molar-refractivity contribution in [2.75, 3.05) is 0 Å². The normalized spacial score (nSPS) is 11.4. The maximum absolute atomic E-state index is 12.8. The zero-order chi connectivity index (χ0) is 22.0. The van der Waals surface area contributed by atoms with Crippen LogP contribution in [-0.4, -0.2) is 20.2 Å². The largest absolute Gasteiger partial charge is 0.416 e. The van der Waals surface area contributed by atoms with Crippen LogP contribution in [0.1, 0.15) is 33.6 Å². The number of imidazole rings is 1. The summed E-state index contributed by atoms with van der Waals surface area (Å²) in [6.45, 7) is 0. The number of nitrogens with zero attached hydrogens (tertiary/aromatic N) is 4. The average Bonchev–Trinajstić information content (AvgIpc) is 3.20. The second-order valence-corrected chi connectivity index (χ2v) is 6.95. The lowest BCUT2D eigenvalue weighted by Gasteiger charge is -2.08. The van der Waals surface area contributed by atoms with E-state index in [1.54, 1.807) is 34.9 Å². The van der Waals surface area contributed by atoms with Crippen molar-refractivity contribution >= 4 is 11.4 Å². The van der Waals surface area contributed by atoms with Crippen LogP contribution in [0.4, 0.5) is 13.2 Å². The Morgan fingerprint density at radius 2 is 1.71 bits per heavy atom. The molecule has 0 saturated carbocycles. The van der Waals surface area contributed by atoms with Crippen molar-refractivity contribution in [3.05, 3.63) is 89.5 Å². The number of ketones is 1. The third kappa shape index (κ3) is 4.31. The number of hydrogen-bond donors (Lipinski definition) is 0. The van der Waals surface area contributed by atoms with Crippen molar-refractivity contribution in [2.45, 2.75) is 19.0 Å². The molecular formula is C23H15F3N4O. The number of fused-ring (bicyclic) bond motifs is 1. The Balaban J connectivity index is 1.56. The molecule has 0 aliphatic carbocycles. The smallest absolute Gasteiger partial charge is 0.296 e. The molecule has 2 aromatic carbocycles.